The van der Waals surface area contributed by atoms with E-state index in [-0.39, 0.29) is 0 Å². The molecule has 2 aromatic heterocycles. The van der Waals surface area contributed by atoms with Crippen LogP contribution in [-0.4, -0.2) is 14.8 Å². The Morgan fingerprint density at radius 2 is 2.00 bits per heavy atom. The van der Waals surface area contributed by atoms with Crippen molar-refractivity contribution in [1.29, 1.82) is 0 Å². The fraction of sp³-hybridized carbons (Fsp3) is 0.143. The highest BCUT2D eigenvalue weighted by atomic mass is 15.2. The summed E-state index contributed by atoms with van der Waals surface area (Å²) in [5.41, 5.74) is 4.39. The van der Waals surface area contributed by atoms with Gasteiger partial charge in [-0.2, -0.15) is 5.10 Å². The van der Waals surface area contributed by atoms with Gasteiger partial charge in [0.25, 0.3) is 0 Å². The first-order valence-electron chi connectivity index (χ1n) is 5.59. The van der Waals surface area contributed by atoms with Crippen molar-refractivity contribution in [3.8, 4) is 11.1 Å². The Bertz CT molecular complexity index is 683. The summed E-state index contributed by atoms with van der Waals surface area (Å²) in [4.78, 5) is 4.54. The Kier molecular flexibility index (Phi) is 2.18. The number of hydrogen-bond donors (Lipinski definition) is 0. The molecule has 0 aliphatic heterocycles. The van der Waals surface area contributed by atoms with Crippen LogP contribution in [0.5, 0.6) is 0 Å². The van der Waals surface area contributed by atoms with Gasteiger partial charge in [-0.15, -0.1) is 0 Å². The number of nitrogens with zero attached hydrogens (tertiary/aromatic N) is 3. The molecule has 3 nitrogen and oxygen atoms in total. The highest BCUT2D eigenvalue weighted by Crippen LogP contribution is 2.27. The standard InChI is InChI=1S/C14H13N3/c1-10-6-7-13-12(4-3-5-14(13)16-10)11-8-15-17(2)9-11/h3-9H,1-2H3. The van der Waals surface area contributed by atoms with Crippen LogP contribution in [0.25, 0.3) is 22.0 Å². The maximum atomic E-state index is 4.54. The summed E-state index contributed by atoms with van der Waals surface area (Å²) >= 11 is 0. The molecule has 0 spiro atoms. The van der Waals surface area contributed by atoms with E-state index in [4.69, 9.17) is 0 Å². The van der Waals surface area contributed by atoms with E-state index in [1.54, 1.807) is 0 Å². The van der Waals surface area contributed by atoms with Gasteiger partial charge in [-0.1, -0.05) is 18.2 Å². The van der Waals surface area contributed by atoms with E-state index in [1.165, 1.54) is 10.9 Å². The van der Waals surface area contributed by atoms with Crippen molar-refractivity contribution >= 4 is 10.9 Å². The molecule has 0 N–H and O–H groups in total. The topological polar surface area (TPSA) is 30.7 Å². The van der Waals surface area contributed by atoms with Gasteiger partial charge in [0.1, 0.15) is 0 Å². The van der Waals surface area contributed by atoms with Gasteiger partial charge in [-0.05, 0) is 24.6 Å². The zero-order valence-electron chi connectivity index (χ0n) is 9.88. The van der Waals surface area contributed by atoms with Crippen molar-refractivity contribution < 1.29 is 0 Å². The summed E-state index contributed by atoms with van der Waals surface area (Å²) in [7, 11) is 1.93. The minimum Gasteiger partial charge on any atom is -0.275 e. The molecule has 0 aliphatic carbocycles. The molecule has 2 heterocycles. The summed E-state index contributed by atoms with van der Waals surface area (Å²) in [6, 6.07) is 10.4. The molecule has 0 amide bonds. The van der Waals surface area contributed by atoms with Crippen LogP contribution < -0.4 is 0 Å². The lowest BCUT2D eigenvalue weighted by Crippen LogP contribution is -1.86. The van der Waals surface area contributed by atoms with E-state index in [9.17, 15) is 0 Å². The van der Waals surface area contributed by atoms with E-state index in [1.807, 2.05) is 49.2 Å². The maximum absolute atomic E-state index is 4.54. The molecule has 0 fully saturated rings. The van der Waals surface area contributed by atoms with Gasteiger partial charge >= 0.3 is 0 Å². The average molecular weight is 223 g/mol. The molecule has 84 valence electrons. The second kappa shape index (κ2) is 3.70. The first-order chi connectivity index (χ1) is 8.24. The third-order valence-electron chi connectivity index (χ3n) is 2.89. The molecule has 3 aromatic rings. The maximum Gasteiger partial charge on any atom is 0.0711 e. The van der Waals surface area contributed by atoms with Gasteiger partial charge < -0.3 is 0 Å². The first kappa shape index (κ1) is 10.0. The van der Waals surface area contributed by atoms with Crippen LogP contribution in [0.15, 0.2) is 42.7 Å². The number of pyridine rings is 1. The summed E-state index contributed by atoms with van der Waals surface area (Å²) in [5, 5.41) is 5.39. The van der Waals surface area contributed by atoms with Crippen LogP contribution in [0.3, 0.4) is 0 Å². The normalized spacial score (nSPS) is 10.9. The van der Waals surface area contributed by atoms with Gasteiger partial charge in [0, 0.05) is 29.9 Å². The number of hydrogen-bond acceptors (Lipinski definition) is 2. The summed E-state index contributed by atoms with van der Waals surface area (Å²) < 4.78 is 1.82. The molecule has 0 saturated carbocycles. The molecule has 0 aliphatic rings. The molecular formula is C14H13N3. The molecule has 0 radical (unpaired) electrons. The predicted molar refractivity (Wildman–Crippen MR) is 68.7 cm³/mol. The minimum atomic E-state index is 1.03. The lowest BCUT2D eigenvalue weighted by atomic mass is 10.0. The fourth-order valence-electron chi connectivity index (χ4n) is 2.07. The number of benzene rings is 1. The molecule has 1 aromatic carbocycles. The molecule has 17 heavy (non-hydrogen) atoms. The van der Waals surface area contributed by atoms with E-state index in [2.05, 4.69) is 22.2 Å². The van der Waals surface area contributed by atoms with Gasteiger partial charge in [0.15, 0.2) is 0 Å². The van der Waals surface area contributed by atoms with Gasteiger partial charge in [0.2, 0.25) is 0 Å². The molecule has 0 bridgehead atoms. The zero-order chi connectivity index (χ0) is 11.8. The fourth-order valence-corrected chi connectivity index (χ4v) is 2.07. The van der Waals surface area contributed by atoms with Crippen LogP contribution in [0.2, 0.25) is 0 Å². The van der Waals surface area contributed by atoms with Crippen LogP contribution in [-0.2, 0) is 7.05 Å². The van der Waals surface area contributed by atoms with Gasteiger partial charge in [0.05, 0.1) is 11.7 Å². The Hall–Kier alpha value is -2.16. The molecule has 0 unspecified atom stereocenters. The predicted octanol–water partition coefficient (Wildman–Crippen LogP) is 2.94. The molecule has 3 heteroatoms. The Labute approximate surface area is 99.7 Å². The largest absolute Gasteiger partial charge is 0.275 e. The Morgan fingerprint density at radius 3 is 2.76 bits per heavy atom. The smallest absolute Gasteiger partial charge is 0.0711 e. The highest BCUT2D eigenvalue weighted by Gasteiger charge is 2.05. The summed E-state index contributed by atoms with van der Waals surface area (Å²) in [5.74, 6) is 0. The molecule has 3 rings (SSSR count). The van der Waals surface area contributed by atoms with Crippen molar-refractivity contribution in [3.05, 3.63) is 48.4 Å². The monoisotopic (exact) mass is 223 g/mol. The quantitative estimate of drug-likeness (QED) is 0.635. The van der Waals surface area contributed by atoms with Crippen LogP contribution >= 0.6 is 0 Å². The first-order valence-corrected chi connectivity index (χ1v) is 5.59. The van der Waals surface area contributed by atoms with Crippen molar-refractivity contribution in [3.63, 3.8) is 0 Å². The van der Waals surface area contributed by atoms with Crippen molar-refractivity contribution in [2.75, 3.05) is 0 Å². The number of rotatable bonds is 1. The summed E-state index contributed by atoms with van der Waals surface area (Å²) in [6.45, 7) is 2.01. The van der Waals surface area contributed by atoms with Crippen molar-refractivity contribution in [1.82, 2.24) is 14.8 Å². The zero-order valence-corrected chi connectivity index (χ0v) is 9.88. The van der Waals surface area contributed by atoms with Gasteiger partial charge in [-0.3, -0.25) is 9.67 Å². The molecule has 0 atom stereocenters. The Balaban J connectivity index is 2.30. The Morgan fingerprint density at radius 1 is 1.12 bits per heavy atom. The van der Waals surface area contributed by atoms with Crippen molar-refractivity contribution in [2.45, 2.75) is 6.92 Å². The number of aryl methyl sites for hydroxylation is 2. The van der Waals surface area contributed by atoms with Crippen LogP contribution in [0.4, 0.5) is 0 Å². The number of fused-ring (bicyclic) bond motifs is 1. The minimum absolute atomic E-state index is 1.03. The highest BCUT2D eigenvalue weighted by molar-refractivity contribution is 5.94. The van der Waals surface area contributed by atoms with Crippen LogP contribution in [0, 0.1) is 6.92 Å². The number of aromatic nitrogens is 3. The molecule has 0 saturated heterocycles. The van der Waals surface area contributed by atoms with E-state index >= 15 is 0 Å². The average Bonchev–Trinajstić information content (AvgIpc) is 2.74. The SMILES string of the molecule is Cc1ccc2c(-c3cnn(C)c3)cccc2n1. The third-order valence-corrected chi connectivity index (χ3v) is 2.89. The lowest BCUT2D eigenvalue weighted by molar-refractivity contribution is 0.768. The second-order valence-corrected chi connectivity index (χ2v) is 4.23. The summed E-state index contributed by atoms with van der Waals surface area (Å²) in [6.07, 6.45) is 3.91. The third kappa shape index (κ3) is 1.69. The van der Waals surface area contributed by atoms with Gasteiger partial charge in [-0.25, -0.2) is 0 Å². The van der Waals surface area contributed by atoms with Crippen LogP contribution in [0.1, 0.15) is 5.69 Å². The van der Waals surface area contributed by atoms with Crippen molar-refractivity contribution in [2.24, 2.45) is 7.05 Å². The lowest BCUT2D eigenvalue weighted by Gasteiger charge is -2.04. The second-order valence-electron chi connectivity index (χ2n) is 4.23. The molecular weight excluding hydrogens is 210 g/mol. The van der Waals surface area contributed by atoms with E-state index in [0.29, 0.717) is 0 Å². The van der Waals surface area contributed by atoms with E-state index < -0.39 is 0 Å². The van der Waals surface area contributed by atoms with E-state index in [0.717, 1.165) is 16.8 Å².